The van der Waals surface area contributed by atoms with Crippen LogP contribution < -0.4 is 10.6 Å². The highest BCUT2D eigenvalue weighted by molar-refractivity contribution is 6.36. The number of aromatic nitrogens is 1. The minimum Gasteiger partial charge on any atom is -0.340 e. The first-order valence-electron chi connectivity index (χ1n) is 7.46. The first kappa shape index (κ1) is 19.5. The fourth-order valence-electron chi connectivity index (χ4n) is 2.08. The summed E-state index contributed by atoms with van der Waals surface area (Å²) in [6.07, 6.45) is 1.42. The second kappa shape index (κ2) is 8.52. The summed E-state index contributed by atoms with van der Waals surface area (Å²) < 4.78 is 0. The van der Waals surface area contributed by atoms with Crippen LogP contribution in [0.1, 0.15) is 24.2 Å². The third kappa shape index (κ3) is 5.33. The lowest BCUT2D eigenvalue weighted by Gasteiger charge is -2.21. The number of anilines is 1. The van der Waals surface area contributed by atoms with Gasteiger partial charge in [-0.1, -0.05) is 48.7 Å². The molecule has 1 atom stereocenters. The monoisotopic (exact) mass is 399 g/mol. The number of rotatable bonds is 5. The molecule has 8 heteroatoms. The normalized spacial score (nSPS) is 11.9. The van der Waals surface area contributed by atoms with Crippen LogP contribution in [-0.4, -0.2) is 22.8 Å². The highest BCUT2D eigenvalue weighted by Gasteiger charge is 2.25. The highest BCUT2D eigenvalue weighted by atomic mass is 35.5. The van der Waals surface area contributed by atoms with Crippen LogP contribution in [0.15, 0.2) is 36.5 Å². The first-order chi connectivity index (χ1) is 11.8. The summed E-state index contributed by atoms with van der Waals surface area (Å²) in [5.41, 5.74) is 0.245. The Kier molecular flexibility index (Phi) is 6.64. The van der Waals surface area contributed by atoms with Crippen LogP contribution in [0.2, 0.25) is 15.1 Å². The quantitative estimate of drug-likeness (QED) is 0.779. The Labute approximate surface area is 160 Å². The molecule has 0 bridgehead atoms. The molecule has 1 aromatic carbocycles. The molecule has 0 aliphatic carbocycles. The summed E-state index contributed by atoms with van der Waals surface area (Å²) in [6.45, 7) is 3.65. The zero-order valence-electron chi connectivity index (χ0n) is 13.5. The predicted octanol–water partition coefficient (Wildman–Crippen LogP) is 4.43. The molecule has 1 heterocycles. The van der Waals surface area contributed by atoms with Crippen LogP contribution in [0.4, 0.5) is 5.82 Å². The van der Waals surface area contributed by atoms with Crippen molar-refractivity contribution in [1.82, 2.24) is 10.3 Å². The minimum absolute atomic E-state index is 0.151. The van der Waals surface area contributed by atoms with E-state index in [0.29, 0.717) is 15.9 Å². The van der Waals surface area contributed by atoms with Gasteiger partial charge in [0.25, 0.3) is 5.91 Å². The molecule has 2 rings (SSSR count). The van der Waals surface area contributed by atoms with Crippen molar-refractivity contribution >= 4 is 52.4 Å². The standard InChI is InChI=1S/C17H16Cl3N3O2/c1-9(2)15(17(25)22-14-6-4-11(19)8-21-14)23-16(24)12-5-3-10(18)7-13(12)20/h3-9,15H,1-2H3,(H,23,24)(H,21,22,25)/t15-/m0/s1. The van der Waals surface area contributed by atoms with Crippen LogP contribution in [-0.2, 0) is 4.79 Å². The summed E-state index contributed by atoms with van der Waals surface area (Å²) >= 11 is 17.6. The largest absolute Gasteiger partial charge is 0.340 e. The van der Waals surface area contributed by atoms with E-state index in [1.807, 2.05) is 13.8 Å². The van der Waals surface area contributed by atoms with E-state index < -0.39 is 11.9 Å². The van der Waals surface area contributed by atoms with Gasteiger partial charge in [0.05, 0.1) is 15.6 Å². The lowest BCUT2D eigenvalue weighted by Crippen LogP contribution is -2.47. The van der Waals surface area contributed by atoms with Gasteiger partial charge in [-0.15, -0.1) is 0 Å². The summed E-state index contributed by atoms with van der Waals surface area (Å²) in [4.78, 5) is 28.9. The second-order valence-electron chi connectivity index (χ2n) is 5.67. The Hall–Kier alpha value is -1.82. The van der Waals surface area contributed by atoms with Gasteiger partial charge in [-0.05, 0) is 36.2 Å². The Morgan fingerprint density at radius 1 is 1.04 bits per heavy atom. The van der Waals surface area contributed by atoms with E-state index in [-0.39, 0.29) is 22.4 Å². The molecular weight excluding hydrogens is 385 g/mol. The number of hydrogen-bond acceptors (Lipinski definition) is 3. The van der Waals surface area contributed by atoms with Crippen LogP contribution in [0.5, 0.6) is 0 Å². The maximum absolute atomic E-state index is 12.5. The number of nitrogens with zero attached hydrogens (tertiary/aromatic N) is 1. The van der Waals surface area contributed by atoms with E-state index in [1.54, 1.807) is 18.2 Å². The SMILES string of the molecule is CC(C)[C@H](NC(=O)c1ccc(Cl)cc1Cl)C(=O)Nc1ccc(Cl)cn1. The van der Waals surface area contributed by atoms with Gasteiger partial charge < -0.3 is 10.6 Å². The fourth-order valence-corrected chi connectivity index (χ4v) is 2.69. The van der Waals surface area contributed by atoms with Gasteiger partial charge in [0.15, 0.2) is 0 Å². The van der Waals surface area contributed by atoms with Crippen molar-refractivity contribution in [2.24, 2.45) is 5.92 Å². The Bertz CT molecular complexity index is 779. The second-order valence-corrected chi connectivity index (χ2v) is 6.95. The van der Waals surface area contributed by atoms with Gasteiger partial charge in [0.2, 0.25) is 5.91 Å². The first-order valence-corrected chi connectivity index (χ1v) is 8.59. The number of benzene rings is 1. The van der Waals surface area contributed by atoms with E-state index in [2.05, 4.69) is 15.6 Å². The summed E-state index contributed by atoms with van der Waals surface area (Å²) in [5.74, 6) is -0.649. The molecule has 5 nitrogen and oxygen atoms in total. The molecule has 2 aromatic rings. The smallest absolute Gasteiger partial charge is 0.253 e. The van der Waals surface area contributed by atoms with E-state index >= 15 is 0 Å². The summed E-state index contributed by atoms with van der Waals surface area (Å²) in [6, 6.07) is 6.97. The van der Waals surface area contributed by atoms with Crippen LogP contribution in [0, 0.1) is 5.92 Å². The molecule has 0 saturated carbocycles. The molecule has 0 spiro atoms. The van der Waals surface area contributed by atoms with Crippen molar-refractivity contribution in [3.05, 3.63) is 57.2 Å². The van der Waals surface area contributed by atoms with Gasteiger partial charge in [0, 0.05) is 11.2 Å². The van der Waals surface area contributed by atoms with Crippen molar-refractivity contribution < 1.29 is 9.59 Å². The summed E-state index contributed by atoms with van der Waals surface area (Å²) in [5, 5.41) is 6.45. The lowest BCUT2D eigenvalue weighted by atomic mass is 10.0. The van der Waals surface area contributed by atoms with Crippen molar-refractivity contribution in [3.8, 4) is 0 Å². The maximum Gasteiger partial charge on any atom is 0.253 e. The van der Waals surface area contributed by atoms with Crippen molar-refractivity contribution in [3.63, 3.8) is 0 Å². The Morgan fingerprint density at radius 3 is 2.28 bits per heavy atom. The number of halogens is 3. The average Bonchev–Trinajstić information content (AvgIpc) is 2.54. The van der Waals surface area contributed by atoms with Gasteiger partial charge in [-0.2, -0.15) is 0 Å². The third-order valence-electron chi connectivity index (χ3n) is 3.39. The van der Waals surface area contributed by atoms with Crippen molar-refractivity contribution in [2.45, 2.75) is 19.9 Å². The van der Waals surface area contributed by atoms with Gasteiger partial charge in [-0.3, -0.25) is 9.59 Å². The zero-order chi connectivity index (χ0) is 18.6. The van der Waals surface area contributed by atoms with Gasteiger partial charge in [0.1, 0.15) is 11.9 Å². The number of amides is 2. The van der Waals surface area contributed by atoms with Crippen LogP contribution in [0.3, 0.4) is 0 Å². The Morgan fingerprint density at radius 2 is 1.72 bits per heavy atom. The number of hydrogen-bond donors (Lipinski definition) is 2. The predicted molar refractivity (Wildman–Crippen MR) is 100 cm³/mol. The molecule has 0 aliphatic heterocycles. The molecule has 0 aliphatic rings. The molecule has 2 amide bonds. The highest BCUT2D eigenvalue weighted by Crippen LogP contribution is 2.21. The van der Waals surface area contributed by atoms with Gasteiger partial charge >= 0.3 is 0 Å². The van der Waals surface area contributed by atoms with E-state index in [4.69, 9.17) is 34.8 Å². The lowest BCUT2D eigenvalue weighted by molar-refractivity contribution is -0.118. The van der Waals surface area contributed by atoms with E-state index in [1.165, 1.54) is 18.3 Å². The number of carbonyl (C=O) groups is 2. The molecule has 1 aromatic heterocycles. The third-order valence-corrected chi connectivity index (χ3v) is 4.16. The molecule has 0 unspecified atom stereocenters. The maximum atomic E-state index is 12.5. The minimum atomic E-state index is -0.767. The molecule has 0 saturated heterocycles. The average molecular weight is 401 g/mol. The van der Waals surface area contributed by atoms with Crippen molar-refractivity contribution in [2.75, 3.05) is 5.32 Å². The molecule has 0 fully saturated rings. The molecule has 25 heavy (non-hydrogen) atoms. The van der Waals surface area contributed by atoms with Crippen LogP contribution in [0.25, 0.3) is 0 Å². The molecular formula is C17H16Cl3N3O2. The fraction of sp³-hybridized carbons (Fsp3) is 0.235. The zero-order valence-corrected chi connectivity index (χ0v) is 15.8. The molecule has 132 valence electrons. The molecule has 2 N–H and O–H groups in total. The van der Waals surface area contributed by atoms with Crippen molar-refractivity contribution in [1.29, 1.82) is 0 Å². The molecule has 0 radical (unpaired) electrons. The number of carbonyl (C=O) groups excluding carboxylic acids is 2. The topological polar surface area (TPSA) is 71.1 Å². The number of nitrogens with one attached hydrogen (secondary N) is 2. The van der Waals surface area contributed by atoms with Gasteiger partial charge in [-0.25, -0.2) is 4.98 Å². The summed E-state index contributed by atoms with van der Waals surface area (Å²) in [7, 11) is 0. The number of pyridine rings is 1. The Balaban J connectivity index is 2.13. The van der Waals surface area contributed by atoms with E-state index in [0.717, 1.165) is 0 Å². The van der Waals surface area contributed by atoms with Crippen LogP contribution >= 0.6 is 34.8 Å². The van der Waals surface area contributed by atoms with E-state index in [9.17, 15) is 9.59 Å².